The van der Waals surface area contributed by atoms with E-state index in [1.165, 1.54) is 6.92 Å². The van der Waals surface area contributed by atoms with Gasteiger partial charge in [-0.25, -0.2) is 8.42 Å². The predicted octanol–water partition coefficient (Wildman–Crippen LogP) is -1.27. The summed E-state index contributed by atoms with van der Waals surface area (Å²) in [4.78, 5) is 15.0. The van der Waals surface area contributed by atoms with Gasteiger partial charge in [0.25, 0.3) is 0 Å². The SMILES string of the molecule is CC(=O)N1CC2(C1)CS(=O)(=O)[C@@H](CN1CCOCC1)CO2. The molecule has 0 N–H and O–H groups in total. The van der Waals surface area contributed by atoms with Gasteiger partial charge in [0.2, 0.25) is 5.91 Å². The number of amides is 1. The van der Waals surface area contributed by atoms with Crippen molar-refractivity contribution in [3.63, 3.8) is 0 Å². The van der Waals surface area contributed by atoms with Gasteiger partial charge in [-0.1, -0.05) is 0 Å². The number of sulfone groups is 1. The molecule has 21 heavy (non-hydrogen) atoms. The van der Waals surface area contributed by atoms with Gasteiger partial charge >= 0.3 is 0 Å². The Hall–Kier alpha value is -0.700. The van der Waals surface area contributed by atoms with Crippen LogP contribution in [0.25, 0.3) is 0 Å². The summed E-state index contributed by atoms with van der Waals surface area (Å²) in [7, 11) is -3.19. The molecule has 1 spiro atoms. The smallest absolute Gasteiger partial charge is 0.219 e. The first-order valence-electron chi connectivity index (χ1n) is 7.31. The number of nitrogens with zero attached hydrogens (tertiary/aromatic N) is 2. The Labute approximate surface area is 125 Å². The second kappa shape index (κ2) is 5.49. The van der Waals surface area contributed by atoms with E-state index in [-0.39, 0.29) is 18.3 Å². The van der Waals surface area contributed by atoms with Crippen molar-refractivity contribution < 1.29 is 22.7 Å². The van der Waals surface area contributed by atoms with Crippen molar-refractivity contribution in [2.24, 2.45) is 0 Å². The molecule has 0 aliphatic carbocycles. The quantitative estimate of drug-likeness (QED) is 0.632. The summed E-state index contributed by atoms with van der Waals surface area (Å²) in [5, 5.41) is -0.465. The van der Waals surface area contributed by atoms with Crippen molar-refractivity contribution in [2.75, 3.05) is 58.3 Å². The second-order valence-corrected chi connectivity index (χ2v) is 8.49. The maximum absolute atomic E-state index is 12.5. The van der Waals surface area contributed by atoms with E-state index in [1.807, 2.05) is 0 Å². The van der Waals surface area contributed by atoms with E-state index < -0.39 is 20.7 Å². The van der Waals surface area contributed by atoms with Crippen molar-refractivity contribution >= 4 is 15.7 Å². The summed E-state index contributed by atoms with van der Waals surface area (Å²) in [6.07, 6.45) is 0. The Kier molecular flexibility index (Phi) is 3.98. The third kappa shape index (κ3) is 3.08. The number of likely N-dealkylation sites (tertiary alicyclic amines) is 1. The standard InChI is InChI=1S/C13H22N2O5S/c1-11(16)15-8-13(9-15)10-21(17,18)12(7-20-13)6-14-2-4-19-5-3-14/h12H,2-10H2,1H3/t12-/m0/s1. The molecule has 3 heterocycles. The van der Waals surface area contributed by atoms with Gasteiger partial charge in [-0.15, -0.1) is 0 Å². The highest BCUT2D eigenvalue weighted by Crippen LogP contribution is 2.32. The maximum Gasteiger partial charge on any atom is 0.219 e. The van der Waals surface area contributed by atoms with Gasteiger partial charge in [-0.3, -0.25) is 9.69 Å². The molecule has 0 aromatic rings. The van der Waals surface area contributed by atoms with E-state index in [0.29, 0.717) is 32.8 Å². The van der Waals surface area contributed by atoms with Gasteiger partial charge < -0.3 is 14.4 Å². The van der Waals surface area contributed by atoms with Crippen LogP contribution < -0.4 is 0 Å². The third-order valence-corrected chi connectivity index (χ3v) is 6.75. The molecule has 1 atom stereocenters. The van der Waals surface area contributed by atoms with Crippen molar-refractivity contribution in [3.05, 3.63) is 0 Å². The summed E-state index contributed by atoms with van der Waals surface area (Å²) >= 11 is 0. The highest BCUT2D eigenvalue weighted by Gasteiger charge is 2.53. The molecule has 1 amide bonds. The van der Waals surface area contributed by atoms with Crippen LogP contribution in [0.15, 0.2) is 0 Å². The molecule has 3 aliphatic heterocycles. The third-order valence-electron chi connectivity index (χ3n) is 4.52. The lowest BCUT2D eigenvalue weighted by molar-refractivity contribution is -0.163. The van der Waals surface area contributed by atoms with Crippen LogP contribution in [-0.2, 0) is 24.1 Å². The molecule has 0 aromatic carbocycles. The number of ether oxygens (including phenoxy) is 2. The van der Waals surface area contributed by atoms with Gasteiger partial charge in [0, 0.05) is 26.6 Å². The average Bonchev–Trinajstić information content (AvgIpc) is 2.39. The van der Waals surface area contributed by atoms with E-state index in [9.17, 15) is 13.2 Å². The fraction of sp³-hybridized carbons (Fsp3) is 0.923. The highest BCUT2D eigenvalue weighted by atomic mass is 32.2. The first-order valence-corrected chi connectivity index (χ1v) is 9.03. The molecule has 0 aromatic heterocycles. The topological polar surface area (TPSA) is 76.2 Å². The molecule has 3 aliphatic rings. The fourth-order valence-electron chi connectivity index (χ4n) is 3.19. The van der Waals surface area contributed by atoms with Crippen LogP contribution in [0.5, 0.6) is 0 Å². The minimum atomic E-state index is -3.19. The zero-order valence-corrected chi connectivity index (χ0v) is 13.1. The van der Waals surface area contributed by atoms with E-state index >= 15 is 0 Å². The lowest BCUT2D eigenvalue weighted by Crippen LogP contribution is -2.70. The Balaban J connectivity index is 1.59. The number of morpholine rings is 1. The monoisotopic (exact) mass is 318 g/mol. The van der Waals surface area contributed by atoms with Crippen molar-refractivity contribution in [2.45, 2.75) is 17.8 Å². The number of carbonyl (C=O) groups is 1. The van der Waals surface area contributed by atoms with E-state index in [2.05, 4.69) is 4.90 Å². The first-order chi connectivity index (χ1) is 9.90. The molecule has 0 unspecified atom stereocenters. The van der Waals surface area contributed by atoms with Crippen LogP contribution in [0.3, 0.4) is 0 Å². The number of rotatable bonds is 2. The average molecular weight is 318 g/mol. The van der Waals surface area contributed by atoms with Crippen LogP contribution in [0.2, 0.25) is 0 Å². The lowest BCUT2D eigenvalue weighted by Gasteiger charge is -2.52. The zero-order chi connectivity index (χ0) is 15.1. The molecule has 3 saturated heterocycles. The van der Waals surface area contributed by atoms with E-state index in [1.54, 1.807) is 4.90 Å². The van der Waals surface area contributed by atoms with Crippen molar-refractivity contribution in [3.8, 4) is 0 Å². The molecule has 0 saturated carbocycles. The highest BCUT2D eigenvalue weighted by molar-refractivity contribution is 7.92. The first kappa shape index (κ1) is 15.2. The Bertz CT molecular complexity index is 509. The summed E-state index contributed by atoms with van der Waals surface area (Å²) in [6.45, 7) is 5.88. The van der Waals surface area contributed by atoms with Crippen LogP contribution in [0, 0.1) is 0 Å². The minimum absolute atomic E-state index is 0.0266. The molecule has 8 heteroatoms. The number of hydrogen-bond donors (Lipinski definition) is 0. The number of carbonyl (C=O) groups excluding carboxylic acids is 1. The molecule has 3 fully saturated rings. The normalized spacial score (nSPS) is 31.9. The van der Waals surface area contributed by atoms with Gasteiger partial charge in [0.1, 0.15) is 5.60 Å². The molecule has 120 valence electrons. The Morgan fingerprint density at radius 1 is 1.29 bits per heavy atom. The van der Waals surface area contributed by atoms with Gasteiger partial charge in [0.05, 0.1) is 43.9 Å². The summed E-state index contributed by atoms with van der Waals surface area (Å²) in [6, 6.07) is 0. The second-order valence-electron chi connectivity index (χ2n) is 6.21. The molecule has 0 radical (unpaired) electrons. The lowest BCUT2D eigenvalue weighted by atomic mass is 9.96. The number of hydrogen-bond acceptors (Lipinski definition) is 6. The molecule has 0 bridgehead atoms. The Morgan fingerprint density at radius 3 is 2.52 bits per heavy atom. The largest absolute Gasteiger partial charge is 0.379 e. The Morgan fingerprint density at radius 2 is 1.95 bits per heavy atom. The maximum atomic E-state index is 12.5. The summed E-state index contributed by atoms with van der Waals surface area (Å²) < 4.78 is 36.1. The molecule has 7 nitrogen and oxygen atoms in total. The molecule has 3 rings (SSSR count). The van der Waals surface area contributed by atoms with Crippen LogP contribution in [-0.4, -0.2) is 93.3 Å². The van der Waals surface area contributed by atoms with E-state index in [4.69, 9.17) is 9.47 Å². The van der Waals surface area contributed by atoms with Crippen LogP contribution in [0.1, 0.15) is 6.92 Å². The molecular weight excluding hydrogens is 296 g/mol. The van der Waals surface area contributed by atoms with Gasteiger partial charge in [0.15, 0.2) is 9.84 Å². The van der Waals surface area contributed by atoms with Gasteiger partial charge in [-0.2, -0.15) is 0 Å². The van der Waals surface area contributed by atoms with E-state index in [0.717, 1.165) is 13.1 Å². The zero-order valence-electron chi connectivity index (χ0n) is 12.3. The van der Waals surface area contributed by atoms with Crippen LogP contribution >= 0.6 is 0 Å². The minimum Gasteiger partial charge on any atom is -0.379 e. The fourth-order valence-corrected chi connectivity index (χ4v) is 5.14. The summed E-state index contributed by atoms with van der Waals surface area (Å²) in [5.74, 6) is -0.00392. The van der Waals surface area contributed by atoms with Crippen LogP contribution in [0.4, 0.5) is 0 Å². The summed E-state index contributed by atoms with van der Waals surface area (Å²) in [5.41, 5.74) is -0.661. The van der Waals surface area contributed by atoms with Crippen molar-refractivity contribution in [1.29, 1.82) is 0 Å². The van der Waals surface area contributed by atoms with Crippen molar-refractivity contribution in [1.82, 2.24) is 9.80 Å². The molecular formula is C13H22N2O5S. The predicted molar refractivity (Wildman–Crippen MR) is 75.8 cm³/mol. The van der Waals surface area contributed by atoms with Gasteiger partial charge in [-0.05, 0) is 0 Å².